The Labute approximate surface area is 91.6 Å². The molecule has 0 saturated heterocycles. The number of aliphatic hydroxyl groups excluding tert-OH is 1. The van der Waals surface area contributed by atoms with E-state index < -0.39 is 22.0 Å². The number of hydrogen-bond donors (Lipinski definition) is 3. The van der Waals surface area contributed by atoms with E-state index in [0.717, 1.165) is 19.4 Å². The van der Waals surface area contributed by atoms with Gasteiger partial charge >= 0.3 is 0 Å². The summed E-state index contributed by atoms with van der Waals surface area (Å²) in [5, 5.41) is 12.1. The second kappa shape index (κ2) is 8.04. The average molecular weight is 239 g/mol. The van der Waals surface area contributed by atoms with E-state index in [1.165, 1.54) is 12.8 Å². The summed E-state index contributed by atoms with van der Waals surface area (Å²) >= 11 is 0. The highest BCUT2D eigenvalue weighted by molar-refractivity contribution is 7.85. The van der Waals surface area contributed by atoms with E-state index in [2.05, 4.69) is 12.2 Å². The van der Waals surface area contributed by atoms with Crippen molar-refractivity contribution in [1.82, 2.24) is 5.32 Å². The van der Waals surface area contributed by atoms with Crippen molar-refractivity contribution >= 4 is 10.1 Å². The maximum Gasteiger partial charge on any atom is 0.267 e. The fraction of sp³-hybridized carbons (Fsp3) is 1.00. The van der Waals surface area contributed by atoms with Gasteiger partial charge in [-0.3, -0.25) is 4.55 Å². The molecule has 0 aromatic heterocycles. The number of nitrogens with one attached hydrogen (secondary N) is 1. The van der Waals surface area contributed by atoms with Crippen LogP contribution in [0.15, 0.2) is 0 Å². The molecule has 0 saturated carbocycles. The molecule has 0 heterocycles. The van der Waals surface area contributed by atoms with Crippen molar-refractivity contribution < 1.29 is 18.1 Å². The first kappa shape index (κ1) is 14.8. The van der Waals surface area contributed by atoms with Crippen LogP contribution in [0.5, 0.6) is 0 Å². The zero-order valence-electron chi connectivity index (χ0n) is 9.15. The highest BCUT2D eigenvalue weighted by Gasteiger charge is 2.12. The molecule has 0 aromatic rings. The highest BCUT2D eigenvalue weighted by atomic mass is 32.2. The van der Waals surface area contributed by atoms with Gasteiger partial charge in [-0.15, -0.1) is 0 Å². The Bertz CT molecular complexity index is 240. The van der Waals surface area contributed by atoms with E-state index in [4.69, 9.17) is 4.55 Å². The van der Waals surface area contributed by atoms with Gasteiger partial charge in [-0.25, -0.2) is 0 Å². The van der Waals surface area contributed by atoms with E-state index in [1.807, 2.05) is 0 Å². The van der Waals surface area contributed by atoms with Crippen LogP contribution in [0.1, 0.15) is 32.6 Å². The van der Waals surface area contributed by atoms with Gasteiger partial charge < -0.3 is 10.4 Å². The molecule has 0 fully saturated rings. The number of hydrogen-bond acceptors (Lipinski definition) is 4. The standard InChI is InChI=1S/C9H21NO4S/c1-2-3-4-5-6-10-7-9(11)8-15(12,13)14/h9-11H,2-8H2,1H3,(H,12,13,14). The van der Waals surface area contributed by atoms with Crippen LogP contribution in [0.4, 0.5) is 0 Å². The predicted molar refractivity (Wildman–Crippen MR) is 59.4 cm³/mol. The number of unbranched alkanes of at least 4 members (excludes halogenated alkanes) is 3. The molecule has 0 bridgehead atoms. The first-order chi connectivity index (χ1) is 6.95. The first-order valence-electron chi connectivity index (χ1n) is 5.29. The van der Waals surface area contributed by atoms with Crippen LogP contribution in [0.25, 0.3) is 0 Å². The fourth-order valence-electron chi connectivity index (χ4n) is 1.25. The van der Waals surface area contributed by atoms with Gasteiger partial charge in [-0.2, -0.15) is 8.42 Å². The summed E-state index contributed by atoms with van der Waals surface area (Å²) in [6.07, 6.45) is 3.48. The Morgan fingerprint density at radius 2 is 1.93 bits per heavy atom. The van der Waals surface area contributed by atoms with E-state index in [1.54, 1.807) is 0 Å². The van der Waals surface area contributed by atoms with Crippen molar-refractivity contribution in [2.75, 3.05) is 18.8 Å². The molecule has 5 nitrogen and oxygen atoms in total. The Hall–Kier alpha value is -0.170. The summed E-state index contributed by atoms with van der Waals surface area (Å²) in [6, 6.07) is 0. The highest BCUT2D eigenvalue weighted by Crippen LogP contribution is 1.97. The molecule has 1 unspecified atom stereocenters. The SMILES string of the molecule is CCCCCCNCC(O)CS(=O)(=O)O. The maximum absolute atomic E-state index is 10.4. The minimum Gasteiger partial charge on any atom is -0.391 e. The average Bonchev–Trinajstić information content (AvgIpc) is 2.08. The Morgan fingerprint density at radius 3 is 2.47 bits per heavy atom. The molecule has 0 spiro atoms. The summed E-state index contributed by atoms with van der Waals surface area (Å²) < 4.78 is 29.2. The largest absolute Gasteiger partial charge is 0.391 e. The zero-order valence-corrected chi connectivity index (χ0v) is 9.96. The quantitative estimate of drug-likeness (QED) is 0.400. The molecule has 0 amide bonds. The molecular formula is C9H21NO4S. The third-order valence-corrected chi connectivity index (χ3v) is 2.80. The van der Waals surface area contributed by atoms with Crippen molar-refractivity contribution in [3.63, 3.8) is 0 Å². The van der Waals surface area contributed by atoms with Crippen LogP contribution in [-0.4, -0.2) is 43.0 Å². The Balaban J connectivity index is 3.36. The van der Waals surface area contributed by atoms with Crippen LogP contribution in [-0.2, 0) is 10.1 Å². The number of aliphatic hydroxyl groups is 1. The van der Waals surface area contributed by atoms with Gasteiger partial charge in [-0.1, -0.05) is 26.2 Å². The van der Waals surface area contributed by atoms with Crippen molar-refractivity contribution in [2.24, 2.45) is 0 Å². The molecule has 92 valence electrons. The van der Waals surface area contributed by atoms with Crippen LogP contribution in [0, 0.1) is 0 Å². The lowest BCUT2D eigenvalue weighted by Crippen LogP contribution is -2.32. The fourth-order valence-corrected chi connectivity index (χ4v) is 1.85. The van der Waals surface area contributed by atoms with E-state index in [9.17, 15) is 13.5 Å². The van der Waals surface area contributed by atoms with Crippen molar-refractivity contribution in [2.45, 2.75) is 38.7 Å². The lowest BCUT2D eigenvalue weighted by Gasteiger charge is -2.09. The van der Waals surface area contributed by atoms with Crippen molar-refractivity contribution in [3.8, 4) is 0 Å². The second-order valence-electron chi connectivity index (χ2n) is 3.67. The molecule has 0 radical (unpaired) electrons. The lowest BCUT2D eigenvalue weighted by molar-refractivity contribution is 0.191. The van der Waals surface area contributed by atoms with Gasteiger partial charge in [0.2, 0.25) is 0 Å². The molecule has 0 aliphatic heterocycles. The summed E-state index contributed by atoms with van der Waals surface area (Å²) in [4.78, 5) is 0. The first-order valence-corrected chi connectivity index (χ1v) is 6.90. The molecule has 15 heavy (non-hydrogen) atoms. The minimum atomic E-state index is -4.06. The molecule has 3 N–H and O–H groups in total. The molecule has 0 rings (SSSR count). The number of rotatable bonds is 9. The lowest BCUT2D eigenvalue weighted by atomic mass is 10.2. The Kier molecular flexibility index (Phi) is 7.95. The molecule has 0 aliphatic rings. The van der Waals surface area contributed by atoms with Gasteiger partial charge in [0.1, 0.15) is 5.75 Å². The molecule has 0 aromatic carbocycles. The third kappa shape index (κ3) is 11.8. The predicted octanol–water partition coefficient (Wildman–Crippen LogP) is 0.405. The van der Waals surface area contributed by atoms with E-state index in [-0.39, 0.29) is 6.54 Å². The van der Waals surface area contributed by atoms with Gasteiger partial charge in [-0.05, 0) is 13.0 Å². The molecule has 6 heteroatoms. The van der Waals surface area contributed by atoms with Crippen LogP contribution >= 0.6 is 0 Å². The van der Waals surface area contributed by atoms with Gasteiger partial charge in [0.05, 0.1) is 6.10 Å². The maximum atomic E-state index is 10.4. The second-order valence-corrected chi connectivity index (χ2v) is 5.16. The van der Waals surface area contributed by atoms with Crippen LogP contribution in [0.2, 0.25) is 0 Å². The van der Waals surface area contributed by atoms with Gasteiger partial charge in [0, 0.05) is 6.54 Å². The van der Waals surface area contributed by atoms with Crippen LogP contribution < -0.4 is 5.32 Å². The topological polar surface area (TPSA) is 86.6 Å². The van der Waals surface area contributed by atoms with E-state index >= 15 is 0 Å². The van der Waals surface area contributed by atoms with Crippen LogP contribution in [0.3, 0.4) is 0 Å². The smallest absolute Gasteiger partial charge is 0.267 e. The van der Waals surface area contributed by atoms with Gasteiger partial charge in [0.15, 0.2) is 0 Å². The molecule has 0 aliphatic carbocycles. The summed E-state index contributed by atoms with van der Waals surface area (Å²) in [5.41, 5.74) is 0. The molecule has 1 atom stereocenters. The normalized spacial score (nSPS) is 14.1. The van der Waals surface area contributed by atoms with Crippen molar-refractivity contribution in [3.05, 3.63) is 0 Å². The minimum absolute atomic E-state index is 0.200. The zero-order chi connectivity index (χ0) is 11.7. The molecular weight excluding hydrogens is 218 g/mol. The summed E-state index contributed by atoms with van der Waals surface area (Å²) in [7, 11) is -4.06. The Morgan fingerprint density at radius 1 is 1.27 bits per heavy atom. The third-order valence-electron chi connectivity index (χ3n) is 1.99. The summed E-state index contributed by atoms with van der Waals surface area (Å²) in [6.45, 7) is 3.09. The van der Waals surface area contributed by atoms with E-state index in [0.29, 0.717) is 0 Å². The monoisotopic (exact) mass is 239 g/mol. The van der Waals surface area contributed by atoms with Crippen molar-refractivity contribution in [1.29, 1.82) is 0 Å². The van der Waals surface area contributed by atoms with Gasteiger partial charge in [0.25, 0.3) is 10.1 Å². The summed E-state index contributed by atoms with van der Waals surface area (Å²) in [5.74, 6) is -0.602.